The number of carboxylic acid groups (broad SMARTS) is 1. The van der Waals surface area contributed by atoms with Gasteiger partial charge in [0, 0.05) is 18.5 Å². The minimum atomic E-state index is -1.00. The first-order valence-electron chi connectivity index (χ1n) is 6.73. The number of carboxylic acids is 1. The fourth-order valence-electron chi connectivity index (χ4n) is 1.99. The molecule has 0 bridgehead atoms. The zero-order chi connectivity index (χ0) is 15.1. The summed E-state index contributed by atoms with van der Waals surface area (Å²) in [6, 6.07) is 9.23. The number of hydrogen-bond donors (Lipinski definition) is 2. The molecular formula is C15H22N2O3. The van der Waals surface area contributed by atoms with Crippen LogP contribution in [0.5, 0.6) is 0 Å². The minimum Gasteiger partial charge on any atom is -0.480 e. The fraction of sp³-hybridized carbons (Fsp3) is 0.467. The van der Waals surface area contributed by atoms with Crippen LogP contribution in [0.25, 0.3) is 0 Å². The lowest BCUT2D eigenvalue weighted by Crippen LogP contribution is -2.40. The molecular weight excluding hydrogens is 256 g/mol. The molecule has 5 heteroatoms. The summed E-state index contributed by atoms with van der Waals surface area (Å²) >= 11 is 0. The summed E-state index contributed by atoms with van der Waals surface area (Å²) in [4.78, 5) is 24.2. The van der Waals surface area contributed by atoms with Gasteiger partial charge in [-0.05, 0) is 25.8 Å². The normalized spacial score (nSPS) is 12.2. The standard InChI is InChI=1S/C15H22N2O3/c1-11(2)17(10-15(19)20)14(18)9-8-13(16)12-6-4-3-5-7-12/h3-7,11,13H,8-10,16H2,1-2H3,(H,19,20). The maximum absolute atomic E-state index is 12.1. The smallest absolute Gasteiger partial charge is 0.323 e. The summed E-state index contributed by atoms with van der Waals surface area (Å²) in [5.74, 6) is -1.17. The predicted molar refractivity (Wildman–Crippen MR) is 77.1 cm³/mol. The third-order valence-corrected chi connectivity index (χ3v) is 3.15. The zero-order valence-electron chi connectivity index (χ0n) is 12.0. The molecule has 1 aromatic rings. The molecule has 3 N–H and O–H groups in total. The molecule has 0 spiro atoms. The number of nitrogens with two attached hydrogens (primary N) is 1. The van der Waals surface area contributed by atoms with Gasteiger partial charge in [-0.15, -0.1) is 0 Å². The molecule has 0 heterocycles. The van der Waals surface area contributed by atoms with Crippen molar-refractivity contribution in [2.75, 3.05) is 6.54 Å². The number of benzene rings is 1. The van der Waals surface area contributed by atoms with Crippen LogP contribution in [0.2, 0.25) is 0 Å². The third kappa shape index (κ3) is 5.01. The third-order valence-electron chi connectivity index (χ3n) is 3.15. The van der Waals surface area contributed by atoms with Crippen molar-refractivity contribution in [3.8, 4) is 0 Å². The molecule has 0 aliphatic carbocycles. The summed E-state index contributed by atoms with van der Waals surface area (Å²) < 4.78 is 0. The van der Waals surface area contributed by atoms with Crippen molar-refractivity contribution in [2.24, 2.45) is 5.73 Å². The second-order valence-electron chi connectivity index (χ2n) is 5.06. The molecule has 5 nitrogen and oxygen atoms in total. The van der Waals surface area contributed by atoms with Crippen LogP contribution in [0.1, 0.15) is 38.3 Å². The number of carbonyl (C=O) groups excluding carboxylic acids is 1. The van der Waals surface area contributed by atoms with Crippen LogP contribution in [0.3, 0.4) is 0 Å². The van der Waals surface area contributed by atoms with Gasteiger partial charge in [-0.25, -0.2) is 0 Å². The Kier molecular flexibility index (Phi) is 6.18. The number of rotatable bonds is 7. The van der Waals surface area contributed by atoms with E-state index in [-0.39, 0.29) is 31.0 Å². The Balaban J connectivity index is 2.55. The lowest BCUT2D eigenvalue weighted by Gasteiger charge is -2.25. The van der Waals surface area contributed by atoms with E-state index < -0.39 is 5.97 Å². The van der Waals surface area contributed by atoms with Crippen molar-refractivity contribution in [2.45, 2.75) is 38.8 Å². The van der Waals surface area contributed by atoms with E-state index in [1.165, 1.54) is 4.90 Å². The molecule has 20 heavy (non-hydrogen) atoms. The van der Waals surface area contributed by atoms with Crippen molar-refractivity contribution in [1.82, 2.24) is 4.90 Å². The summed E-state index contributed by atoms with van der Waals surface area (Å²) in [6.45, 7) is 3.34. The van der Waals surface area contributed by atoms with E-state index in [4.69, 9.17) is 10.8 Å². The molecule has 1 amide bonds. The van der Waals surface area contributed by atoms with Crippen molar-refractivity contribution >= 4 is 11.9 Å². The number of carbonyl (C=O) groups is 2. The highest BCUT2D eigenvalue weighted by Gasteiger charge is 2.20. The average molecular weight is 278 g/mol. The van der Waals surface area contributed by atoms with Gasteiger partial charge in [0.15, 0.2) is 0 Å². The SMILES string of the molecule is CC(C)N(CC(=O)O)C(=O)CCC(N)c1ccccc1. The molecule has 0 radical (unpaired) electrons. The largest absolute Gasteiger partial charge is 0.480 e. The lowest BCUT2D eigenvalue weighted by atomic mass is 10.0. The predicted octanol–water partition coefficient (Wildman–Crippen LogP) is 1.79. The molecule has 1 atom stereocenters. The lowest BCUT2D eigenvalue weighted by molar-refractivity contribution is -0.145. The second kappa shape index (κ2) is 7.65. The Bertz CT molecular complexity index is 446. The van der Waals surface area contributed by atoms with Crippen LogP contribution in [0.4, 0.5) is 0 Å². The van der Waals surface area contributed by atoms with Crippen molar-refractivity contribution in [3.05, 3.63) is 35.9 Å². The highest BCUT2D eigenvalue weighted by Crippen LogP contribution is 2.16. The van der Waals surface area contributed by atoms with E-state index in [1.807, 2.05) is 30.3 Å². The van der Waals surface area contributed by atoms with E-state index >= 15 is 0 Å². The summed E-state index contributed by atoms with van der Waals surface area (Å²) in [7, 11) is 0. The van der Waals surface area contributed by atoms with E-state index in [2.05, 4.69) is 0 Å². The van der Waals surface area contributed by atoms with Gasteiger partial charge in [-0.3, -0.25) is 9.59 Å². The van der Waals surface area contributed by atoms with Crippen LogP contribution in [0.15, 0.2) is 30.3 Å². The highest BCUT2D eigenvalue weighted by molar-refractivity contribution is 5.81. The molecule has 0 aromatic heterocycles. The molecule has 0 saturated heterocycles. The maximum Gasteiger partial charge on any atom is 0.323 e. The molecule has 0 saturated carbocycles. The van der Waals surface area contributed by atoms with Crippen molar-refractivity contribution < 1.29 is 14.7 Å². The van der Waals surface area contributed by atoms with Gasteiger partial charge in [0.25, 0.3) is 0 Å². The van der Waals surface area contributed by atoms with Crippen LogP contribution < -0.4 is 5.73 Å². The first kappa shape index (κ1) is 16.2. The molecule has 0 aliphatic heterocycles. The average Bonchev–Trinajstić information content (AvgIpc) is 2.42. The zero-order valence-corrected chi connectivity index (χ0v) is 12.0. The Morgan fingerprint density at radius 2 is 1.85 bits per heavy atom. The van der Waals surface area contributed by atoms with Crippen molar-refractivity contribution in [3.63, 3.8) is 0 Å². The van der Waals surface area contributed by atoms with Gasteiger partial charge >= 0.3 is 5.97 Å². The Morgan fingerprint density at radius 3 is 2.35 bits per heavy atom. The highest BCUT2D eigenvalue weighted by atomic mass is 16.4. The summed E-state index contributed by atoms with van der Waals surface area (Å²) in [5, 5.41) is 8.82. The number of hydrogen-bond acceptors (Lipinski definition) is 3. The number of aliphatic carboxylic acids is 1. The first-order valence-corrected chi connectivity index (χ1v) is 6.73. The maximum atomic E-state index is 12.1. The topological polar surface area (TPSA) is 83.6 Å². The van der Waals surface area contributed by atoms with Gasteiger partial charge in [-0.1, -0.05) is 30.3 Å². The molecule has 0 fully saturated rings. The van der Waals surface area contributed by atoms with Crippen LogP contribution in [-0.4, -0.2) is 34.5 Å². The van der Waals surface area contributed by atoms with Crippen LogP contribution in [0, 0.1) is 0 Å². The molecule has 1 aromatic carbocycles. The monoisotopic (exact) mass is 278 g/mol. The Labute approximate surface area is 119 Å². The number of nitrogens with zero attached hydrogens (tertiary/aromatic N) is 1. The quantitative estimate of drug-likeness (QED) is 0.796. The molecule has 1 unspecified atom stereocenters. The first-order chi connectivity index (χ1) is 9.41. The second-order valence-corrected chi connectivity index (χ2v) is 5.06. The van der Waals surface area contributed by atoms with E-state index in [1.54, 1.807) is 13.8 Å². The van der Waals surface area contributed by atoms with Gasteiger partial charge in [-0.2, -0.15) is 0 Å². The van der Waals surface area contributed by atoms with E-state index in [0.717, 1.165) is 5.56 Å². The van der Waals surface area contributed by atoms with Crippen LogP contribution >= 0.6 is 0 Å². The fourth-order valence-corrected chi connectivity index (χ4v) is 1.99. The summed E-state index contributed by atoms with van der Waals surface area (Å²) in [6.07, 6.45) is 0.757. The van der Waals surface area contributed by atoms with Gasteiger partial charge in [0.2, 0.25) is 5.91 Å². The molecule has 110 valence electrons. The number of amides is 1. The van der Waals surface area contributed by atoms with E-state index in [9.17, 15) is 9.59 Å². The van der Waals surface area contributed by atoms with E-state index in [0.29, 0.717) is 6.42 Å². The van der Waals surface area contributed by atoms with Gasteiger partial charge < -0.3 is 15.7 Å². The van der Waals surface area contributed by atoms with Gasteiger partial charge in [0.1, 0.15) is 6.54 Å². The summed E-state index contributed by atoms with van der Waals surface area (Å²) in [5.41, 5.74) is 7.01. The Hall–Kier alpha value is -1.88. The van der Waals surface area contributed by atoms with Gasteiger partial charge in [0.05, 0.1) is 0 Å². The molecule has 0 aliphatic rings. The molecule has 1 rings (SSSR count). The van der Waals surface area contributed by atoms with Crippen LogP contribution in [-0.2, 0) is 9.59 Å². The Morgan fingerprint density at radius 1 is 1.25 bits per heavy atom. The minimum absolute atomic E-state index is 0.133. The van der Waals surface area contributed by atoms with Crippen molar-refractivity contribution in [1.29, 1.82) is 0 Å².